The topological polar surface area (TPSA) is 202 Å². The van der Waals surface area contributed by atoms with Gasteiger partial charge in [0.2, 0.25) is 0 Å². The van der Waals surface area contributed by atoms with Crippen LogP contribution in [0.5, 0.6) is 0 Å². The second-order valence-corrected chi connectivity index (χ2v) is 20.1. The number of hydrogen-bond acceptors (Lipinski definition) is 16. The Kier molecular flexibility index (Phi) is 19.8. The number of benzene rings is 1. The van der Waals surface area contributed by atoms with Crippen LogP contribution in [-0.2, 0) is 50.9 Å². The molecule has 16 nitrogen and oxygen atoms in total. The van der Waals surface area contributed by atoms with Crippen molar-refractivity contribution in [2.75, 3.05) is 40.8 Å². The number of rotatable bonds is 15. The highest BCUT2D eigenvalue weighted by Gasteiger charge is 2.53. The van der Waals surface area contributed by atoms with Crippen molar-refractivity contribution in [3.63, 3.8) is 0 Å². The molecular weight excluding hydrogens is 871 g/mol. The lowest BCUT2D eigenvalue weighted by atomic mass is 9.77. The minimum atomic E-state index is -1.87. The number of aryl methyl sites for hydroxylation is 1. The largest absolute Gasteiger partial charge is 0.461 e. The molecule has 2 aliphatic heterocycles. The minimum absolute atomic E-state index is 0.0206. The second-order valence-electron chi connectivity index (χ2n) is 20.1. The van der Waals surface area contributed by atoms with Crippen LogP contribution in [0, 0.1) is 17.8 Å². The summed E-state index contributed by atoms with van der Waals surface area (Å²) < 4.78 is 32.4. The van der Waals surface area contributed by atoms with Crippen LogP contribution in [0.4, 0.5) is 0 Å². The molecule has 0 unspecified atom stereocenters. The van der Waals surface area contributed by atoms with Gasteiger partial charge in [0.1, 0.15) is 41.7 Å². The number of fused-ring (bicyclic) bond motifs is 1. The van der Waals surface area contributed by atoms with E-state index in [1.807, 2.05) is 75.3 Å². The van der Waals surface area contributed by atoms with Crippen molar-refractivity contribution >= 4 is 28.8 Å². The van der Waals surface area contributed by atoms with Gasteiger partial charge in [-0.15, -0.1) is 0 Å². The Morgan fingerprint density at radius 3 is 2.41 bits per heavy atom. The first-order valence-electron chi connectivity index (χ1n) is 24.5. The van der Waals surface area contributed by atoms with E-state index >= 15 is 0 Å². The molecule has 2 saturated heterocycles. The van der Waals surface area contributed by atoms with Crippen LogP contribution in [0.1, 0.15) is 98.8 Å². The van der Waals surface area contributed by atoms with Crippen LogP contribution in [0.2, 0.25) is 0 Å². The second kappa shape index (κ2) is 24.6. The number of cyclic esters (lactones) is 1. The smallest absolute Gasteiger partial charge is 0.312 e. The van der Waals surface area contributed by atoms with Gasteiger partial charge in [0.25, 0.3) is 0 Å². The van der Waals surface area contributed by atoms with Gasteiger partial charge >= 0.3 is 17.9 Å². The van der Waals surface area contributed by atoms with E-state index in [2.05, 4.69) is 21.4 Å². The van der Waals surface area contributed by atoms with Crippen LogP contribution >= 0.6 is 0 Å². The number of aromatic nitrogens is 2. The molecule has 3 aromatic rings. The fourth-order valence-corrected chi connectivity index (χ4v) is 10.1. The SMILES string of the molecule is CC[C@H]1OC(=O)[C@H](C)[C@@H](OC(=O)Cc2ccccn2)[C@H](C)[C@@H](O[C@@H]2O[C@H](C)C[C@H](N(C)C)[C@H]2O)[C@](C)(OC(=O)CCNCCCc2cnc3ccccc3c2)C[C@@H](C)CN(C)[C@H](C)[C@@H](O)[C@]1(C)O. The van der Waals surface area contributed by atoms with E-state index in [4.69, 9.17) is 23.7 Å². The average Bonchev–Trinajstić information content (AvgIpc) is 3.29. The molecule has 0 aliphatic carbocycles. The molecule has 4 heterocycles. The maximum absolute atomic E-state index is 14.4. The van der Waals surface area contributed by atoms with Gasteiger partial charge in [-0.3, -0.25) is 24.4 Å². The van der Waals surface area contributed by atoms with Gasteiger partial charge < -0.3 is 54.1 Å². The van der Waals surface area contributed by atoms with Crippen molar-refractivity contribution in [1.29, 1.82) is 0 Å². The highest BCUT2D eigenvalue weighted by atomic mass is 16.7. The number of pyridine rings is 2. The number of aliphatic hydroxyl groups excluding tert-OH is 2. The maximum atomic E-state index is 14.4. The summed E-state index contributed by atoms with van der Waals surface area (Å²) in [5.74, 6) is -4.30. The standard InChI is InChI=1S/C52H79N5O11/c1-12-42-52(8,63)47(61)36(6)57(11)31-32(2)29-51(7,68-43(58)22-25-53-23-17-18-37-27-38-19-13-14-21-40(38)55-30-37)48(67-50-45(60)41(56(9)10)26-33(3)64-50)34(4)46(35(5)49(62)65-42)66-44(59)28-39-20-15-16-24-54-39/h13-16,19-21,24,27,30,32-36,41-42,45-48,50,53,60-61,63H,12,17-18,22-23,25-26,28-29,31H2,1-11H3/t32-,33-,34+,35-,36-,41+,42-,45-,46+,47-,48-,50+,51-,52-/m1/s1. The summed E-state index contributed by atoms with van der Waals surface area (Å²) in [5.41, 5.74) is -0.836. The number of likely N-dealkylation sites (N-methyl/N-ethyl adjacent to an activating group) is 2. The molecule has 16 heteroatoms. The Morgan fingerprint density at radius 1 is 1.00 bits per heavy atom. The van der Waals surface area contributed by atoms with E-state index in [1.165, 1.54) is 6.92 Å². The molecule has 1 aromatic carbocycles. The van der Waals surface area contributed by atoms with Gasteiger partial charge in [0.15, 0.2) is 6.29 Å². The number of hydrogen-bond donors (Lipinski definition) is 4. The van der Waals surface area contributed by atoms with E-state index < -0.39 is 83.8 Å². The first-order valence-corrected chi connectivity index (χ1v) is 24.5. The third-order valence-electron chi connectivity index (χ3n) is 14.0. The van der Waals surface area contributed by atoms with E-state index in [0.29, 0.717) is 31.7 Å². The zero-order chi connectivity index (χ0) is 49.9. The fraction of sp³-hybridized carbons (Fsp3) is 0.673. The third kappa shape index (κ3) is 14.2. The number of aliphatic hydroxyl groups is 3. The molecule has 378 valence electrons. The normalized spacial score (nSPS) is 33.6. The number of nitrogens with zero attached hydrogens (tertiary/aromatic N) is 4. The molecule has 0 bridgehead atoms. The molecule has 2 aromatic heterocycles. The molecule has 2 fully saturated rings. The number of para-hydroxylation sites is 1. The molecule has 0 radical (unpaired) electrons. The highest BCUT2D eigenvalue weighted by Crippen LogP contribution is 2.40. The van der Waals surface area contributed by atoms with Crippen molar-refractivity contribution in [3.8, 4) is 0 Å². The lowest BCUT2D eigenvalue weighted by Crippen LogP contribution is -2.60. The molecule has 0 amide bonds. The maximum Gasteiger partial charge on any atom is 0.312 e. The van der Waals surface area contributed by atoms with E-state index in [0.717, 1.165) is 29.3 Å². The Hall–Kier alpha value is -4.13. The third-order valence-corrected chi connectivity index (χ3v) is 14.0. The van der Waals surface area contributed by atoms with Crippen LogP contribution in [-0.4, -0.2) is 160 Å². The summed E-state index contributed by atoms with van der Waals surface area (Å²) >= 11 is 0. The quantitative estimate of drug-likeness (QED) is 0.0912. The van der Waals surface area contributed by atoms with Crippen molar-refractivity contribution < 1.29 is 53.4 Å². The highest BCUT2D eigenvalue weighted by molar-refractivity contribution is 5.78. The van der Waals surface area contributed by atoms with Gasteiger partial charge in [-0.05, 0) is 130 Å². The van der Waals surface area contributed by atoms with Crippen molar-refractivity contribution in [2.24, 2.45) is 17.8 Å². The van der Waals surface area contributed by atoms with E-state index in [-0.39, 0.29) is 43.7 Å². The first kappa shape index (κ1) is 54.8. The fourth-order valence-electron chi connectivity index (χ4n) is 10.1. The van der Waals surface area contributed by atoms with E-state index in [9.17, 15) is 29.7 Å². The number of esters is 3. The number of nitrogens with one attached hydrogen (secondary N) is 1. The van der Waals surface area contributed by atoms with Crippen molar-refractivity contribution in [2.45, 2.75) is 167 Å². The molecule has 68 heavy (non-hydrogen) atoms. The molecule has 5 rings (SSSR count). The molecule has 4 N–H and O–H groups in total. The summed E-state index contributed by atoms with van der Waals surface area (Å²) in [5, 5.41) is 40.0. The van der Waals surface area contributed by atoms with Crippen LogP contribution in [0.15, 0.2) is 60.9 Å². The molecule has 0 spiro atoms. The van der Waals surface area contributed by atoms with Crippen molar-refractivity contribution in [3.05, 3.63) is 72.2 Å². The summed E-state index contributed by atoms with van der Waals surface area (Å²) in [6, 6.07) is 14.4. The Labute approximate surface area is 403 Å². The minimum Gasteiger partial charge on any atom is -0.461 e. The average molecular weight is 950 g/mol. The molecule has 14 atom stereocenters. The van der Waals surface area contributed by atoms with Crippen molar-refractivity contribution in [1.82, 2.24) is 25.1 Å². The number of ether oxygens (including phenoxy) is 5. The monoisotopic (exact) mass is 950 g/mol. The van der Waals surface area contributed by atoms with Gasteiger partial charge in [-0.1, -0.05) is 45.0 Å². The zero-order valence-electron chi connectivity index (χ0n) is 42.2. The number of carbonyl (C=O) groups is 3. The molecule has 0 saturated carbocycles. The number of carbonyl (C=O) groups excluding carboxylic acids is 3. The van der Waals surface area contributed by atoms with Gasteiger partial charge in [0.05, 0.1) is 36.1 Å². The van der Waals surface area contributed by atoms with E-state index in [1.54, 1.807) is 59.0 Å². The molecular formula is C52H79N5O11. The lowest BCUT2D eigenvalue weighted by molar-refractivity contribution is -0.301. The Balaban J connectivity index is 1.50. The predicted octanol–water partition coefficient (Wildman–Crippen LogP) is 4.88. The molecule has 2 aliphatic rings. The Morgan fingerprint density at radius 2 is 1.72 bits per heavy atom. The first-order chi connectivity index (χ1) is 32.1. The lowest BCUT2D eigenvalue weighted by Gasteiger charge is -2.48. The predicted molar refractivity (Wildman–Crippen MR) is 258 cm³/mol. The van der Waals surface area contributed by atoms with Crippen LogP contribution in [0.25, 0.3) is 10.9 Å². The Bertz CT molecular complexity index is 2080. The van der Waals surface area contributed by atoms with Gasteiger partial charge in [-0.2, -0.15) is 0 Å². The summed E-state index contributed by atoms with van der Waals surface area (Å²) in [7, 11) is 5.58. The van der Waals surface area contributed by atoms with Gasteiger partial charge in [0, 0.05) is 48.9 Å². The van der Waals surface area contributed by atoms with Crippen LogP contribution in [0.3, 0.4) is 0 Å². The summed E-state index contributed by atoms with van der Waals surface area (Å²) in [6.07, 6.45) is -1.76. The zero-order valence-corrected chi connectivity index (χ0v) is 42.2. The van der Waals surface area contributed by atoms with Gasteiger partial charge in [-0.25, -0.2) is 0 Å². The van der Waals surface area contributed by atoms with Crippen LogP contribution < -0.4 is 5.32 Å². The summed E-state index contributed by atoms with van der Waals surface area (Å²) in [6.45, 7) is 15.4. The summed E-state index contributed by atoms with van der Waals surface area (Å²) in [4.78, 5) is 55.4.